The van der Waals surface area contributed by atoms with E-state index in [1.807, 2.05) is 36.6 Å². The van der Waals surface area contributed by atoms with Crippen molar-refractivity contribution in [2.75, 3.05) is 18.0 Å². The molecule has 3 aromatic rings. The number of nitrogens with zero attached hydrogens (tertiary/aromatic N) is 4. The number of aromatic nitrogens is 3. The van der Waals surface area contributed by atoms with Gasteiger partial charge in [-0.3, -0.25) is 4.79 Å². The van der Waals surface area contributed by atoms with Crippen LogP contribution in [0.15, 0.2) is 36.4 Å². The fourth-order valence-corrected chi connectivity index (χ4v) is 3.77. The number of carbonyl (C=O) groups excluding carboxylic acids is 1. The number of hydrogen-bond donors (Lipinski definition) is 1. The van der Waals surface area contributed by atoms with Gasteiger partial charge in [0.25, 0.3) is 0 Å². The van der Waals surface area contributed by atoms with Gasteiger partial charge in [0.1, 0.15) is 0 Å². The van der Waals surface area contributed by atoms with Crippen molar-refractivity contribution in [3.63, 3.8) is 0 Å². The first kappa shape index (κ1) is 16.6. The largest absolute Gasteiger partial charge is 0.366 e. The maximum Gasteiger partial charge on any atom is 0.217 e. The molecule has 0 spiro atoms. The third-order valence-electron chi connectivity index (χ3n) is 4.84. The summed E-state index contributed by atoms with van der Waals surface area (Å²) in [6.07, 6.45) is 0.943. The first-order valence-electron chi connectivity index (χ1n) is 8.97. The van der Waals surface area contributed by atoms with Crippen molar-refractivity contribution in [1.29, 1.82) is 0 Å². The van der Waals surface area contributed by atoms with E-state index >= 15 is 0 Å². The maximum absolute atomic E-state index is 11.4. The molecule has 1 fully saturated rings. The molecule has 0 unspecified atom stereocenters. The van der Waals surface area contributed by atoms with E-state index in [4.69, 9.17) is 10.1 Å². The number of rotatable bonds is 3. The van der Waals surface area contributed by atoms with Crippen LogP contribution in [-0.4, -0.2) is 39.6 Å². The predicted octanol–water partition coefficient (Wildman–Crippen LogP) is 2.73. The van der Waals surface area contributed by atoms with E-state index in [2.05, 4.69) is 28.4 Å². The minimum absolute atomic E-state index is 0.0240. The lowest BCUT2D eigenvalue weighted by Crippen LogP contribution is -2.35. The van der Waals surface area contributed by atoms with Crippen LogP contribution in [0.1, 0.15) is 24.7 Å². The summed E-state index contributed by atoms with van der Waals surface area (Å²) in [5.41, 5.74) is 6.01. The molecule has 0 aliphatic carbocycles. The third-order valence-corrected chi connectivity index (χ3v) is 4.84. The van der Waals surface area contributed by atoms with Gasteiger partial charge in [0, 0.05) is 31.6 Å². The van der Waals surface area contributed by atoms with Gasteiger partial charge in [0.15, 0.2) is 5.65 Å². The van der Waals surface area contributed by atoms with E-state index < -0.39 is 0 Å². The summed E-state index contributed by atoms with van der Waals surface area (Å²) in [5, 5.41) is 7.75. The average molecular weight is 349 g/mol. The average Bonchev–Trinajstić information content (AvgIpc) is 3.18. The molecule has 2 aromatic heterocycles. The Hall–Kier alpha value is -2.89. The standard InChI is InChI=1S/C20H23N5O/c1-13-11-18(24-10-9-17(12-24)22-15(3)26)20-21-14(2)19(25(20)23-13)16-7-5-4-6-8-16/h4-8,11,17H,9-10,12H2,1-3H3,(H,22,26)/t17-/m1/s1. The number of amides is 1. The van der Waals surface area contributed by atoms with Gasteiger partial charge < -0.3 is 10.2 Å². The van der Waals surface area contributed by atoms with E-state index in [-0.39, 0.29) is 11.9 Å². The zero-order valence-electron chi connectivity index (χ0n) is 15.4. The SMILES string of the molecule is CC(=O)N[C@@H]1CCN(c2cc(C)nn3c(-c4ccccc4)c(C)nc23)C1. The number of fused-ring (bicyclic) bond motifs is 1. The zero-order valence-corrected chi connectivity index (χ0v) is 15.4. The predicted molar refractivity (Wildman–Crippen MR) is 102 cm³/mol. The Labute approximate surface area is 152 Å². The van der Waals surface area contributed by atoms with Crippen LogP contribution in [0, 0.1) is 13.8 Å². The molecule has 0 bridgehead atoms. The second-order valence-corrected chi connectivity index (χ2v) is 6.95. The lowest BCUT2D eigenvalue weighted by molar-refractivity contribution is -0.119. The van der Waals surface area contributed by atoms with E-state index in [1.165, 1.54) is 0 Å². The highest BCUT2D eigenvalue weighted by atomic mass is 16.1. The van der Waals surface area contributed by atoms with Crippen molar-refractivity contribution < 1.29 is 4.79 Å². The summed E-state index contributed by atoms with van der Waals surface area (Å²) in [5.74, 6) is 0.0240. The molecule has 0 saturated carbocycles. The van der Waals surface area contributed by atoms with Gasteiger partial charge in [-0.15, -0.1) is 0 Å². The van der Waals surface area contributed by atoms with E-state index in [0.29, 0.717) is 0 Å². The molecule has 1 saturated heterocycles. The minimum Gasteiger partial charge on any atom is -0.366 e. The second kappa shape index (κ2) is 6.44. The normalized spacial score (nSPS) is 17.0. The zero-order chi connectivity index (χ0) is 18.3. The van der Waals surface area contributed by atoms with Gasteiger partial charge in [0.2, 0.25) is 5.91 Å². The molecule has 134 valence electrons. The van der Waals surface area contributed by atoms with Crippen molar-refractivity contribution in [2.45, 2.75) is 33.2 Å². The molecule has 6 heteroatoms. The number of benzene rings is 1. The van der Waals surface area contributed by atoms with Crippen molar-refractivity contribution in [2.24, 2.45) is 0 Å². The van der Waals surface area contributed by atoms with Crippen LogP contribution in [0.4, 0.5) is 5.69 Å². The summed E-state index contributed by atoms with van der Waals surface area (Å²) in [4.78, 5) is 18.5. The van der Waals surface area contributed by atoms with E-state index in [1.54, 1.807) is 6.92 Å². The fraction of sp³-hybridized carbons (Fsp3) is 0.350. The Balaban J connectivity index is 1.79. The molecule has 1 amide bonds. The molecular formula is C20H23N5O. The molecule has 6 nitrogen and oxygen atoms in total. The molecule has 4 rings (SSSR count). The summed E-state index contributed by atoms with van der Waals surface area (Å²) < 4.78 is 1.96. The lowest BCUT2D eigenvalue weighted by Gasteiger charge is -2.20. The molecule has 3 heterocycles. The quantitative estimate of drug-likeness (QED) is 0.790. The van der Waals surface area contributed by atoms with Crippen molar-refractivity contribution in [1.82, 2.24) is 19.9 Å². The van der Waals surface area contributed by atoms with Crippen molar-refractivity contribution in [3.05, 3.63) is 47.8 Å². The van der Waals surface area contributed by atoms with Gasteiger partial charge in [0.05, 0.1) is 22.8 Å². The van der Waals surface area contributed by atoms with Crippen LogP contribution in [0.2, 0.25) is 0 Å². The summed E-state index contributed by atoms with van der Waals surface area (Å²) >= 11 is 0. The van der Waals surface area contributed by atoms with Crippen molar-refractivity contribution in [3.8, 4) is 11.3 Å². The third kappa shape index (κ3) is 2.92. The molecule has 1 N–H and O–H groups in total. The molecule has 1 aromatic carbocycles. The van der Waals surface area contributed by atoms with Crippen LogP contribution >= 0.6 is 0 Å². The van der Waals surface area contributed by atoms with Gasteiger partial charge in [-0.1, -0.05) is 30.3 Å². The van der Waals surface area contributed by atoms with Gasteiger partial charge >= 0.3 is 0 Å². The van der Waals surface area contributed by atoms with Crippen LogP contribution in [0.25, 0.3) is 16.9 Å². The highest BCUT2D eigenvalue weighted by Crippen LogP contribution is 2.31. The lowest BCUT2D eigenvalue weighted by atomic mass is 10.1. The van der Waals surface area contributed by atoms with Crippen LogP contribution in [0.5, 0.6) is 0 Å². The summed E-state index contributed by atoms with van der Waals surface area (Å²) in [6, 6.07) is 12.5. The van der Waals surface area contributed by atoms with Gasteiger partial charge in [-0.05, 0) is 26.3 Å². The summed E-state index contributed by atoms with van der Waals surface area (Å²) in [6.45, 7) is 7.30. The summed E-state index contributed by atoms with van der Waals surface area (Å²) in [7, 11) is 0. The Morgan fingerprint density at radius 1 is 1.23 bits per heavy atom. The number of aryl methyl sites for hydroxylation is 2. The number of hydrogen-bond acceptors (Lipinski definition) is 4. The number of nitrogens with one attached hydrogen (secondary N) is 1. The minimum atomic E-state index is 0.0240. The fourth-order valence-electron chi connectivity index (χ4n) is 3.77. The van der Waals surface area contributed by atoms with Crippen LogP contribution < -0.4 is 10.2 Å². The molecule has 1 aliphatic heterocycles. The molecule has 1 atom stereocenters. The number of carbonyl (C=O) groups is 1. The molecule has 0 radical (unpaired) electrons. The van der Waals surface area contributed by atoms with Crippen LogP contribution in [-0.2, 0) is 4.79 Å². The monoisotopic (exact) mass is 349 g/mol. The molecular weight excluding hydrogens is 326 g/mol. The van der Waals surface area contributed by atoms with Gasteiger partial charge in [-0.25, -0.2) is 9.50 Å². The topological polar surface area (TPSA) is 62.5 Å². The van der Waals surface area contributed by atoms with Crippen molar-refractivity contribution >= 4 is 17.2 Å². The second-order valence-electron chi connectivity index (χ2n) is 6.95. The first-order chi connectivity index (χ1) is 12.5. The van der Waals surface area contributed by atoms with E-state index in [0.717, 1.165) is 53.5 Å². The Kier molecular flexibility index (Phi) is 4.11. The maximum atomic E-state index is 11.4. The number of imidazole rings is 1. The Bertz CT molecular complexity index is 963. The Morgan fingerprint density at radius 2 is 2.00 bits per heavy atom. The molecule has 26 heavy (non-hydrogen) atoms. The highest BCUT2D eigenvalue weighted by molar-refractivity contribution is 5.76. The number of anilines is 1. The van der Waals surface area contributed by atoms with E-state index in [9.17, 15) is 4.79 Å². The molecule has 1 aliphatic rings. The first-order valence-corrected chi connectivity index (χ1v) is 8.97. The smallest absolute Gasteiger partial charge is 0.217 e. The Morgan fingerprint density at radius 3 is 2.73 bits per heavy atom. The highest BCUT2D eigenvalue weighted by Gasteiger charge is 2.26. The van der Waals surface area contributed by atoms with Gasteiger partial charge in [-0.2, -0.15) is 5.10 Å². The van der Waals surface area contributed by atoms with Crippen LogP contribution in [0.3, 0.4) is 0 Å².